The first kappa shape index (κ1) is 13.2. The zero-order valence-corrected chi connectivity index (χ0v) is 9.52. The first-order valence-electron chi connectivity index (χ1n) is 5.47. The number of aliphatic carboxylic acids is 1. The summed E-state index contributed by atoms with van der Waals surface area (Å²) in [6.45, 7) is 3.94. The standard InChI is InChI=1S/C11H16N2O4/c1-2-7-13(8-3-4-8)11(17)12-9(14)5-6-10(15)16/h2,8H,1,3-7H2,(H,15,16)(H,12,14,17). The molecule has 3 amide bonds. The predicted molar refractivity (Wildman–Crippen MR) is 60.3 cm³/mol. The van der Waals surface area contributed by atoms with Crippen molar-refractivity contribution >= 4 is 17.9 Å². The van der Waals surface area contributed by atoms with Crippen LogP contribution in [0.5, 0.6) is 0 Å². The van der Waals surface area contributed by atoms with Crippen molar-refractivity contribution in [3.63, 3.8) is 0 Å². The van der Waals surface area contributed by atoms with Gasteiger partial charge in [0.15, 0.2) is 0 Å². The Morgan fingerprint density at radius 2 is 2.00 bits per heavy atom. The summed E-state index contributed by atoms with van der Waals surface area (Å²) in [6.07, 6.45) is 3.01. The molecule has 17 heavy (non-hydrogen) atoms. The highest BCUT2D eigenvalue weighted by Crippen LogP contribution is 2.26. The van der Waals surface area contributed by atoms with Crippen LogP contribution >= 0.6 is 0 Å². The van der Waals surface area contributed by atoms with Crippen LogP contribution in [0.1, 0.15) is 25.7 Å². The Bertz CT molecular complexity index is 336. The van der Waals surface area contributed by atoms with E-state index in [1.165, 1.54) is 4.90 Å². The van der Waals surface area contributed by atoms with E-state index < -0.39 is 17.9 Å². The highest BCUT2D eigenvalue weighted by atomic mass is 16.4. The molecule has 0 bridgehead atoms. The average Bonchev–Trinajstić information content (AvgIpc) is 3.06. The minimum Gasteiger partial charge on any atom is -0.481 e. The molecule has 0 heterocycles. The van der Waals surface area contributed by atoms with Gasteiger partial charge in [-0.25, -0.2) is 4.79 Å². The van der Waals surface area contributed by atoms with Crippen LogP contribution in [-0.4, -0.2) is 40.5 Å². The van der Waals surface area contributed by atoms with Crippen molar-refractivity contribution in [2.24, 2.45) is 0 Å². The quantitative estimate of drug-likeness (QED) is 0.670. The summed E-state index contributed by atoms with van der Waals surface area (Å²) >= 11 is 0. The third-order valence-corrected chi connectivity index (χ3v) is 2.39. The van der Waals surface area contributed by atoms with E-state index in [9.17, 15) is 14.4 Å². The summed E-state index contributed by atoms with van der Waals surface area (Å²) in [7, 11) is 0. The van der Waals surface area contributed by atoms with Gasteiger partial charge in [-0.15, -0.1) is 6.58 Å². The number of urea groups is 1. The molecule has 0 saturated heterocycles. The maximum absolute atomic E-state index is 11.7. The molecule has 0 aromatic heterocycles. The van der Waals surface area contributed by atoms with Crippen molar-refractivity contribution in [2.45, 2.75) is 31.7 Å². The van der Waals surface area contributed by atoms with Gasteiger partial charge in [0.05, 0.1) is 6.42 Å². The Kier molecular flexibility index (Phi) is 4.68. The fourth-order valence-corrected chi connectivity index (χ4v) is 1.40. The molecule has 0 unspecified atom stereocenters. The summed E-state index contributed by atoms with van der Waals surface area (Å²) in [5.41, 5.74) is 0. The van der Waals surface area contributed by atoms with Crippen molar-refractivity contribution in [1.29, 1.82) is 0 Å². The minimum absolute atomic E-state index is 0.181. The second-order valence-corrected chi connectivity index (χ2v) is 3.92. The number of rotatable bonds is 6. The average molecular weight is 240 g/mol. The molecule has 1 aliphatic rings. The number of imide groups is 1. The number of amides is 3. The molecule has 6 heteroatoms. The summed E-state index contributed by atoms with van der Waals surface area (Å²) < 4.78 is 0. The van der Waals surface area contributed by atoms with Gasteiger partial charge in [-0.05, 0) is 12.8 Å². The molecule has 0 aromatic carbocycles. The summed E-state index contributed by atoms with van der Waals surface area (Å²) in [5, 5.41) is 10.6. The number of carboxylic acid groups (broad SMARTS) is 1. The van der Waals surface area contributed by atoms with E-state index in [-0.39, 0.29) is 18.9 Å². The predicted octanol–water partition coefficient (Wildman–Crippen LogP) is 0.738. The number of nitrogens with zero attached hydrogens (tertiary/aromatic N) is 1. The molecule has 2 N–H and O–H groups in total. The van der Waals surface area contributed by atoms with Gasteiger partial charge in [0.2, 0.25) is 5.91 Å². The minimum atomic E-state index is -1.06. The van der Waals surface area contributed by atoms with Gasteiger partial charge < -0.3 is 10.0 Å². The van der Waals surface area contributed by atoms with Crippen LogP contribution < -0.4 is 5.32 Å². The number of nitrogens with one attached hydrogen (secondary N) is 1. The van der Waals surface area contributed by atoms with Gasteiger partial charge in [0.1, 0.15) is 0 Å². The zero-order valence-electron chi connectivity index (χ0n) is 9.52. The van der Waals surface area contributed by atoms with Crippen molar-refractivity contribution in [1.82, 2.24) is 10.2 Å². The second-order valence-electron chi connectivity index (χ2n) is 3.92. The fourth-order valence-electron chi connectivity index (χ4n) is 1.40. The first-order valence-corrected chi connectivity index (χ1v) is 5.47. The van der Waals surface area contributed by atoms with E-state index in [1.54, 1.807) is 6.08 Å². The fraction of sp³-hybridized carbons (Fsp3) is 0.545. The Balaban J connectivity index is 2.37. The van der Waals surface area contributed by atoms with Crippen LogP contribution in [0.2, 0.25) is 0 Å². The number of hydrogen-bond acceptors (Lipinski definition) is 3. The van der Waals surface area contributed by atoms with Crippen molar-refractivity contribution in [2.75, 3.05) is 6.54 Å². The topological polar surface area (TPSA) is 86.7 Å². The van der Waals surface area contributed by atoms with E-state index in [1.807, 2.05) is 0 Å². The van der Waals surface area contributed by atoms with Crippen LogP contribution in [0.25, 0.3) is 0 Å². The lowest BCUT2D eigenvalue weighted by molar-refractivity contribution is -0.138. The molecule has 1 saturated carbocycles. The van der Waals surface area contributed by atoms with Crippen LogP contribution in [0.4, 0.5) is 4.79 Å². The third kappa shape index (κ3) is 4.67. The van der Waals surface area contributed by atoms with Crippen molar-refractivity contribution in [3.05, 3.63) is 12.7 Å². The molecular weight excluding hydrogens is 224 g/mol. The summed E-state index contributed by atoms with van der Waals surface area (Å²) in [4.78, 5) is 34.7. The van der Waals surface area contributed by atoms with Crippen molar-refractivity contribution in [3.8, 4) is 0 Å². The number of carboxylic acids is 1. The van der Waals surface area contributed by atoms with E-state index >= 15 is 0 Å². The lowest BCUT2D eigenvalue weighted by atomic mass is 10.3. The Morgan fingerprint density at radius 3 is 2.47 bits per heavy atom. The lowest BCUT2D eigenvalue weighted by Crippen LogP contribution is -2.44. The normalized spacial score (nSPS) is 13.9. The van der Waals surface area contributed by atoms with E-state index in [0.717, 1.165) is 12.8 Å². The Labute approximate surface area is 99.3 Å². The molecule has 0 aromatic rings. The number of carbonyl (C=O) groups is 3. The van der Waals surface area contributed by atoms with E-state index in [0.29, 0.717) is 6.54 Å². The molecule has 6 nitrogen and oxygen atoms in total. The molecule has 1 rings (SSSR count). The van der Waals surface area contributed by atoms with E-state index in [4.69, 9.17) is 5.11 Å². The first-order chi connectivity index (χ1) is 8.04. The Morgan fingerprint density at radius 1 is 1.35 bits per heavy atom. The smallest absolute Gasteiger partial charge is 0.324 e. The highest BCUT2D eigenvalue weighted by molar-refractivity contribution is 5.95. The second kappa shape index (κ2) is 6.03. The van der Waals surface area contributed by atoms with Gasteiger partial charge in [-0.3, -0.25) is 14.9 Å². The van der Waals surface area contributed by atoms with Gasteiger partial charge >= 0.3 is 12.0 Å². The van der Waals surface area contributed by atoms with E-state index in [2.05, 4.69) is 11.9 Å². The molecular formula is C11H16N2O4. The third-order valence-electron chi connectivity index (χ3n) is 2.39. The van der Waals surface area contributed by atoms with Crippen LogP contribution in [0.3, 0.4) is 0 Å². The molecule has 0 radical (unpaired) electrons. The maximum atomic E-state index is 11.7. The zero-order chi connectivity index (χ0) is 12.8. The largest absolute Gasteiger partial charge is 0.481 e. The molecule has 0 spiro atoms. The monoisotopic (exact) mass is 240 g/mol. The molecule has 0 aliphatic heterocycles. The van der Waals surface area contributed by atoms with Crippen LogP contribution in [0.15, 0.2) is 12.7 Å². The molecule has 0 atom stereocenters. The Hall–Kier alpha value is -1.85. The lowest BCUT2D eigenvalue weighted by Gasteiger charge is -2.20. The van der Waals surface area contributed by atoms with Gasteiger partial charge in [-0.1, -0.05) is 6.08 Å². The molecule has 94 valence electrons. The number of hydrogen-bond donors (Lipinski definition) is 2. The summed E-state index contributed by atoms with van der Waals surface area (Å²) in [6, 6.07) is -0.289. The number of carbonyl (C=O) groups excluding carboxylic acids is 2. The van der Waals surface area contributed by atoms with Gasteiger partial charge in [0.25, 0.3) is 0 Å². The SMILES string of the molecule is C=CCN(C(=O)NC(=O)CCC(=O)O)C1CC1. The maximum Gasteiger partial charge on any atom is 0.324 e. The highest BCUT2D eigenvalue weighted by Gasteiger charge is 2.32. The van der Waals surface area contributed by atoms with Gasteiger partial charge in [0, 0.05) is 19.0 Å². The van der Waals surface area contributed by atoms with Gasteiger partial charge in [-0.2, -0.15) is 0 Å². The van der Waals surface area contributed by atoms with Crippen LogP contribution in [0, 0.1) is 0 Å². The molecule has 1 fully saturated rings. The van der Waals surface area contributed by atoms with Crippen LogP contribution in [-0.2, 0) is 9.59 Å². The summed E-state index contributed by atoms with van der Waals surface area (Å²) in [5.74, 6) is -1.62. The molecule has 1 aliphatic carbocycles. The van der Waals surface area contributed by atoms with Crippen molar-refractivity contribution < 1.29 is 19.5 Å².